The predicted octanol–water partition coefficient (Wildman–Crippen LogP) is 3.42. The molecule has 6 heteroatoms. The largest absolute Gasteiger partial charge is 0.372 e. The van der Waals surface area contributed by atoms with Gasteiger partial charge in [0.1, 0.15) is 12.1 Å². The van der Waals surface area contributed by atoms with Crippen LogP contribution in [0.5, 0.6) is 0 Å². The first-order valence-electron chi connectivity index (χ1n) is 8.86. The fourth-order valence-electron chi connectivity index (χ4n) is 3.49. The first-order chi connectivity index (χ1) is 12.4. The monoisotopic (exact) mass is 349 g/mol. The lowest BCUT2D eigenvalue weighted by molar-refractivity contribution is 0.118. The minimum Gasteiger partial charge on any atom is -0.372 e. The molecule has 0 amide bonds. The van der Waals surface area contributed by atoms with E-state index in [1.54, 1.807) is 0 Å². The molecule has 1 aromatic carbocycles. The van der Waals surface area contributed by atoms with E-state index in [9.17, 15) is 5.11 Å². The number of fused-ring (bicyclic) bond motifs is 1. The fraction of sp³-hybridized carbons (Fsp3) is 0.350. The molecule has 3 heterocycles. The third-order valence-electron chi connectivity index (χ3n) is 5.15. The summed E-state index contributed by atoms with van der Waals surface area (Å²) >= 11 is 0. The van der Waals surface area contributed by atoms with E-state index in [4.69, 9.17) is 0 Å². The zero-order chi connectivity index (χ0) is 18.5. The third-order valence-corrected chi connectivity index (χ3v) is 5.15. The Balaban J connectivity index is 1.84. The molecule has 0 fully saturated rings. The first kappa shape index (κ1) is 16.7. The molecule has 26 heavy (non-hydrogen) atoms. The molecule has 0 bridgehead atoms. The van der Waals surface area contributed by atoms with Gasteiger partial charge in [0.05, 0.1) is 0 Å². The maximum absolute atomic E-state index is 11.0. The van der Waals surface area contributed by atoms with Gasteiger partial charge < -0.3 is 5.11 Å². The second-order valence-electron chi connectivity index (χ2n) is 7.25. The molecule has 6 nitrogen and oxygen atoms in total. The number of anilines is 2. The Kier molecular flexibility index (Phi) is 3.80. The zero-order valence-electron chi connectivity index (χ0n) is 15.5. The molecule has 1 N–H and O–H groups in total. The van der Waals surface area contributed by atoms with E-state index in [1.165, 1.54) is 0 Å². The van der Waals surface area contributed by atoms with Gasteiger partial charge in [-0.1, -0.05) is 26.0 Å². The summed E-state index contributed by atoms with van der Waals surface area (Å²) in [4.78, 5) is 10.5. The van der Waals surface area contributed by atoms with Gasteiger partial charge >= 0.3 is 0 Å². The van der Waals surface area contributed by atoms with Crippen LogP contribution in [0.2, 0.25) is 0 Å². The van der Waals surface area contributed by atoms with Crippen LogP contribution >= 0.6 is 0 Å². The molecule has 134 valence electrons. The van der Waals surface area contributed by atoms with E-state index < -0.39 is 11.6 Å². The van der Waals surface area contributed by atoms with Gasteiger partial charge in [-0.15, -0.1) is 0 Å². The summed E-state index contributed by atoms with van der Waals surface area (Å²) in [5, 5.41) is 15.6. The Morgan fingerprint density at radius 1 is 1.12 bits per heavy atom. The van der Waals surface area contributed by atoms with Crippen molar-refractivity contribution >= 4 is 11.5 Å². The van der Waals surface area contributed by atoms with Crippen molar-refractivity contribution in [3.8, 4) is 11.1 Å². The molecule has 1 aliphatic rings. The van der Waals surface area contributed by atoms with E-state index in [2.05, 4.69) is 47.1 Å². The van der Waals surface area contributed by atoms with Gasteiger partial charge in [-0.05, 0) is 31.0 Å². The summed E-state index contributed by atoms with van der Waals surface area (Å²) in [5.74, 6) is 1.50. The lowest BCUT2D eigenvalue weighted by Crippen LogP contribution is -2.38. The van der Waals surface area contributed by atoms with E-state index >= 15 is 0 Å². The van der Waals surface area contributed by atoms with Crippen molar-refractivity contribution in [1.29, 1.82) is 0 Å². The predicted molar refractivity (Wildman–Crippen MR) is 101 cm³/mol. The van der Waals surface area contributed by atoms with Crippen LogP contribution < -0.4 is 4.90 Å². The lowest BCUT2D eigenvalue weighted by Gasteiger charge is -2.28. The molecule has 4 rings (SSSR count). The summed E-state index contributed by atoms with van der Waals surface area (Å²) < 4.78 is 1.87. The van der Waals surface area contributed by atoms with E-state index in [0.29, 0.717) is 0 Å². The third kappa shape index (κ3) is 2.49. The van der Waals surface area contributed by atoms with Crippen LogP contribution in [0.25, 0.3) is 11.1 Å². The summed E-state index contributed by atoms with van der Waals surface area (Å²) in [6, 6.07) is 8.19. The summed E-state index contributed by atoms with van der Waals surface area (Å²) in [6.45, 7) is 8.83. The highest BCUT2D eigenvalue weighted by Gasteiger charge is 2.45. The maximum atomic E-state index is 11.0. The van der Waals surface area contributed by atoms with Crippen molar-refractivity contribution in [2.75, 3.05) is 4.90 Å². The zero-order valence-corrected chi connectivity index (χ0v) is 15.5. The first-order valence-corrected chi connectivity index (χ1v) is 8.86. The van der Waals surface area contributed by atoms with Crippen LogP contribution in [-0.4, -0.2) is 31.1 Å². The van der Waals surface area contributed by atoms with Gasteiger partial charge in [0.15, 0.2) is 5.82 Å². The van der Waals surface area contributed by atoms with E-state index in [1.807, 2.05) is 48.1 Å². The topological polar surface area (TPSA) is 67.1 Å². The van der Waals surface area contributed by atoms with Crippen molar-refractivity contribution in [2.45, 2.75) is 45.9 Å². The van der Waals surface area contributed by atoms with Crippen LogP contribution in [0.4, 0.5) is 11.5 Å². The SMILES string of the molecule is CCn1ccc(N2c3cc(-c4cnc(C)nc4)ccc3C(C)(C)C2O)n1. The Labute approximate surface area is 153 Å². The number of hydrogen-bond acceptors (Lipinski definition) is 5. The van der Waals surface area contributed by atoms with Gasteiger partial charge in [0.2, 0.25) is 0 Å². The smallest absolute Gasteiger partial charge is 0.157 e. The van der Waals surface area contributed by atoms with Crippen molar-refractivity contribution in [3.63, 3.8) is 0 Å². The molecular weight excluding hydrogens is 326 g/mol. The molecule has 0 saturated carbocycles. The molecule has 0 radical (unpaired) electrons. The molecule has 2 aromatic heterocycles. The number of rotatable bonds is 3. The molecule has 1 unspecified atom stereocenters. The van der Waals surface area contributed by atoms with Crippen LogP contribution in [-0.2, 0) is 12.0 Å². The number of aryl methyl sites for hydroxylation is 2. The Bertz CT molecular complexity index is 945. The average Bonchev–Trinajstić information content (AvgIpc) is 3.17. The van der Waals surface area contributed by atoms with Gasteiger partial charge in [-0.25, -0.2) is 9.97 Å². The highest BCUT2D eigenvalue weighted by Crippen LogP contribution is 2.48. The van der Waals surface area contributed by atoms with Gasteiger partial charge in [-0.2, -0.15) is 5.10 Å². The number of benzene rings is 1. The second-order valence-corrected chi connectivity index (χ2v) is 7.25. The summed E-state index contributed by atoms with van der Waals surface area (Å²) in [5.41, 5.74) is 3.66. The van der Waals surface area contributed by atoms with Crippen LogP contribution in [0, 0.1) is 6.92 Å². The van der Waals surface area contributed by atoms with E-state index in [-0.39, 0.29) is 0 Å². The highest BCUT2D eigenvalue weighted by molar-refractivity contribution is 5.77. The van der Waals surface area contributed by atoms with Gasteiger partial charge in [-0.3, -0.25) is 9.58 Å². The normalized spacial score (nSPS) is 18.2. The minimum atomic E-state index is -0.678. The van der Waals surface area contributed by atoms with Crippen molar-refractivity contribution in [1.82, 2.24) is 19.7 Å². The molecule has 1 aliphatic heterocycles. The number of aliphatic hydroxyl groups is 1. The Morgan fingerprint density at radius 2 is 1.85 bits per heavy atom. The second kappa shape index (κ2) is 5.92. The van der Waals surface area contributed by atoms with Gasteiger partial charge in [0, 0.05) is 47.9 Å². The lowest BCUT2D eigenvalue weighted by atomic mass is 9.85. The van der Waals surface area contributed by atoms with Crippen molar-refractivity contribution in [3.05, 3.63) is 54.2 Å². The minimum absolute atomic E-state index is 0.395. The average molecular weight is 349 g/mol. The standard InChI is InChI=1S/C20H23N5O/c1-5-24-9-8-18(23-24)25-17-10-14(15-11-21-13(2)22-12-15)6-7-16(17)20(3,4)19(25)26/h6-12,19,26H,5H2,1-4H3. The van der Waals surface area contributed by atoms with Crippen molar-refractivity contribution < 1.29 is 5.11 Å². The molecule has 0 aliphatic carbocycles. The quantitative estimate of drug-likeness (QED) is 0.785. The highest BCUT2D eigenvalue weighted by atomic mass is 16.3. The van der Waals surface area contributed by atoms with Crippen LogP contribution in [0.15, 0.2) is 42.9 Å². The molecular formula is C20H23N5O. The molecule has 0 saturated heterocycles. The van der Waals surface area contributed by atoms with Crippen LogP contribution in [0.1, 0.15) is 32.2 Å². The molecule has 1 atom stereocenters. The maximum Gasteiger partial charge on any atom is 0.157 e. The van der Waals surface area contributed by atoms with Crippen LogP contribution in [0.3, 0.4) is 0 Å². The van der Waals surface area contributed by atoms with E-state index in [0.717, 1.165) is 40.6 Å². The Hall–Kier alpha value is -2.73. The van der Waals surface area contributed by atoms with Gasteiger partial charge in [0.25, 0.3) is 0 Å². The number of nitrogens with zero attached hydrogens (tertiary/aromatic N) is 5. The number of hydrogen-bond donors (Lipinski definition) is 1. The molecule has 3 aromatic rings. The molecule has 0 spiro atoms. The number of aromatic nitrogens is 4. The fourth-order valence-corrected chi connectivity index (χ4v) is 3.49. The summed E-state index contributed by atoms with van der Waals surface area (Å²) in [6.07, 6.45) is 4.92. The summed E-state index contributed by atoms with van der Waals surface area (Å²) in [7, 11) is 0. The Morgan fingerprint density at radius 3 is 2.50 bits per heavy atom. The van der Waals surface area contributed by atoms with Crippen molar-refractivity contribution in [2.24, 2.45) is 0 Å². The number of aliphatic hydroxyl groups excluding tert-OH is 1.